The van der Waals surface area contributed by atoms with E-state index < -0.39 is 97.5 Å². The first-order valence-electron chi connectivity index (χ1n) is 14.9. The molecule has 0 saturated carbocycles. The van der Waals surface area contributed by atoms with E-state index in [-0.39, 0.29) is 41.3 Å². The van der Waals surface area contributed by atoms with E-state index in [0.717, 1.165) is 18.0 Å². The average Bonchev–Trinajstić information content (AvgIpc) is 3.77. The molecule has 53 heavy (non-hydrogen) atoms. The van der Waals surface area contributed by atoms with Gasteiger partial charge >= 0.3 is 0 Å². The molecular weight excluding hydrogens is 785 g/mol. The first-order valence-corrected chi connectivity index (χ1v) is 19.3. The number of nitrogens with zero attached hydrogens (tertiary/aromatic N) is 6. The molecule has 2 aromatic heterocycles. The highest BCUT2D eigenvalue weighted by atomic mass is 31.3. The van der Waals surface area contributed by atoms with Gasteiger partial charge in [0.2, 0.25) is 5.95 Å². The predicted molar refractivity (Wildman–Crippen MR) is 161 cm³/mol. The van der Waals surface area contributed by atoms with Crippen molar-refractivity contribution in [3.05, 3.63) is 28.2 Å². The van der Waals surface area contributed by atoms with Gasteiger partial charge in [0, 0.05) is 20.4 Å². The molecule has 28 nitrogen and oxygen atoms in total. The Morgan fingerprint density at radius 1 is 1.08 bits per heavy atom. The number of methoxy groups -OCH3 is 1. The highest BCUT2D eigenvalue weighted by Gasteiger charge is 2.56. The van der Waals surface area contributed by atoms with Crippen molar-refractivity contribution in [3.8, 4) is 0 Å². The normalized spacial score (nSPS) is 33.8. The molecule has 2 aromatic rings. The number of aromatic amines is 1. The summed E-state index contributed by atoms with van der Waals surface area (Å²) in [6.45, 7) is -2.85. The van der Waals surface area contributed by atoms with Gasteiger partial charge in [-0.1, -0.05) is 0 Å². The Balaban J connectivity index is 1.04. The number of aliphatic hydroxyl groups is 3. The van der Waals surface area contributed by atoms with Crippen molar-refractivity contribution in [1.82, 2.24) is 34.6 Å². The number of rotatable bonds is 13. The van der Waals surface area contributed by atoms with Crippen LogP contribution in [0.3, 0.4) is 0 Å². The number of imidazole rings is 1. The van der Waals surface area contributed by atoms with E-state index in [1.807, 2.05) is 0 Å². The second-order valence-corrected chi connectivity index (χ2v) is 16.3. The highest BCUT2D eigenvalue weighted by Crippen LogP contribution is 2.63. The SMILES string of the molecule is CO[C@@H]1[C@H](COP(=O)([O-])OP(=O)([O-])OP(=O)([O-])OC[C@H]2O[C@@H](n3cnc4c(=O)[nH]c(N)nc43)[C@@H](O)C2O)OCC1(O)N1CN(C)C2=C1NC(N)=NC2[O-]. The summed E-state index contributed by atoms with van der Waals surface area (Å²) < 4.78 is 71.1. The molecule has 31 heteroatoms. The number of fused-ring (bicyclic) bond motifs is 1. The Morgan fingerprint density at radius 2 is 1.72 bits per heavy atom. The number of phosphoric acid groups is 3. The number of aromatic nitrogens is 4. The maximum atomic E-state index is 12.5. The minimum absolute atomic E-state index is 0.0822. The van der Waals surface area contributed by atoms with E-state index in [1.54, 1.807) is 0 Å². The molecule has 2 saturated heterocycles. The maximum absolute atomic E-state index is 12.5. The molecule has 6 unspecified atom stereocenters. The predicted octanol–water partition coefficient (Wildman–Crippen LogP) is -7.13. The summed E-state index contributed by atoms with van der Waals surface area (Å²) in [5.74, 6) is -0.472. The highest BCUT2D eigenvalue weighted by molar-refractivity contribution is 7.65. The molecule has 0 amide bonds. The van der Waals surface area contributed by atoms with E-state index in [9.17, 15) is 53.6 Å². The number of hydrogen-bond acceptors (Lipinski definition) is 26. The largest absolute Gasteiger partial charge is 0.830 e. The van der Waals surface area contributed by atoms with Crippen molar-refractivity contribution < 1.29 is 80.7 Å². The Bertz CT molecular complexity index is 2010. The molecule has 0 bridgehead atoms. The van der Waals surface area contributed by atoms with Gasteiger partial charge in [0.1, 0.15) is 36.3 Å². The van der Waals surface area contributed by atoms with Crippen LogP contribution in [-0.2, 0) is 45.6 Å². The van der Waals surface area contributed by atoms with Gasteiger partial charge in [0.05, 0.1) is 38.5 Å². The first kappa shape index (κ1) is 39.6. The number of aliphatic hydroxyl groups excluding tert-OH is 2. The van der Waals surface area contributed by atoms with Crippen LogP contribution in [0.1, 0.15) is 6.23 Å². The van der Waals surface area contributed by atoms with E-state index in [0.29, 0.717) is 0 Å². The van der Waals surface area contributed by atoms with Crippen LogP contribution in [0.2, 0.25) is 0 Å². The van der Waals surface area contributed by atoms with Crippen molar-refractivity contribution in [2.24, 2.45) is 10.7 Å². The molecular formula is C22H31N10O18P3-4. The molecule has 0 radical (unpaired) electrons. The van der Waals surface area contributed by atoms with Crippen LogP contribution in [0.4, 0.5) is 5.95 Å². The zero-order chi connectivity index (χ0) is 38.8. The molecule has 6 heterocycles. The van der Waals surface area contributed by atoms with Gasteiger partial charge < -0.3 is 84.9 Å². The fourth-order valence-electron chi connectivity index (χ4n) is 6.04. The van der Waals surface area contributed by atoms with Gasteiger partial charge in [-0.2, -0.15) is 4.98 Å². The van der Waals surface area contributed by atoms with Gasteiger partial charge in [-0.3, -0.25) is 33.0 Å². The number of H-pyrrole nitrogens is 1. The van der Waals surface area contributed by atoms with Crippen LogP contribution >= 0.6 is 23.5 Å². The van der Waals surface area contributed by atoms with Crippen LogP contribution in [0.5, 0.6) is 0 Å². The van der Waals surface area contributed by atoms with Crippen molar-refractivity contribution in [3.63, 3.8) is 0 Å². The number of anilines is 1. The smallest absolute Gasteiger partial charge is 0.280 e. The molecule has 6 rings (SSSR count). The lowest BCUT2D eigenvalue weighted by Gasteiger charge is -2.40. The number of nitrogens with two attached hydrogens (primary N) is 2. The molecule has 0 aromatic carbocycles. The first-order chi connectivity index (χ1) is 24.6. The molecule has 11 atom stereocenters. The fourth-order valence-corrected chi connectivity index (χ4v) is 9.42. The second-order valence-electron chi connectivity index (χ2n) is 11.8. The number of phosphoric ester groups is 2. The summed E-state index contributed by atoms with van der Waals surface area (Å²) in [5.41, 5.74) is 8.16. The molecule has 0 spiro atoms. The van der Waals surface area contributed by atoms with Crippen LogP contribution in [0, 0.1) is 0 Å². The standard InChI is InChI=1S/C22H34N10O18P3/c1-30-7-32(16-11(30)18(36)29-21(24)27-16)22(37)5-45-9(14(22)44-2)4-47-52(40,41)50-53(42,43)49-51(38,39)46-3-8-12(33)13(34)19(48-8)31-6-25-10-15(31)26-20(23)28-17(10)35/h6,8-9,12-14,18-19,33-34,37H,3-5,7H2,1-2H3,(H,38,39)(H,40,41)(H,42,43)(H3,24,27,29)(H3,23,26,28,35)/q-1/p-3/t8-,9+,12?,13+,14-,18?,19-,22?/m1/s1. The lowest BCUT2D eigenvalue weighted by Crippen LogP contribution is -2.60. The third kappa shape index (κ3) is 7.73. The van der Waals surface area contributed by atoms with Gasteiger partial charge in [-0.05, 0) is 0 Å². The number of hydrogen-bond donors (Lipinski definition) is 7. The third-order valence-corrected chi connectivity index (χ3v) is 12.4. The van der Waals surface area contributed by atoms with Crippen molar-refractivity contribution in [2.45, 2.75) is 48.7 Å². The Labute approximate surface area is 295 Å². The van der Waals surface area contributed by atoms with E-state index in [1.165, 1.54) is 16.8 Å². The molecule has 9 N–H and O–H groups in total. The van der Waals surface area contributed by atoms with Crippen LogP contribution < -0.4 is 42.1 Å². The lowest BCUT2D eigenvalue weighted by atomic mass is 10.0. The number of nitrogen functional groups attached to an aromatic ring is 1. The second kappa shape index (κ2) is 14.2. The summed E-state index contributed by atoms with van der Waals surface area (Å²) in [5, 5.41) is 47.7. The Hall–Kier alpha value is -3.11. The van der Waals surface area contributed by atoms with Crippen molar-refractivity contribution in [1.29, 1.82) is 0 Å². The average molecular weight is 816 g/mol. The number of guanidine groups is 1. The van der Waals surface area contributed by atoms with Crippen LogP contribution in [0.15, 0.2) is 27.6 Å². The minimum atomic E-state index is -6.35. The molecule has 4 aliphatic heterocycles. The van der Waals surface area contributed by atoms with Gasteiger partial charge in [-0.25, -0.2) is 13.6 Å². The quantitative estimate of drug-likeness (QED) is 0.0923. The van der Waals surface area contributed by atoms with E-state index in [4.69, 9.17) is 25.7 Å². The van der Waals surface area contributed by atoms with Gasteiger partial charge in [0.25, 0.3) is 29.0 Å². The van der Waals surface area contributed by atoms with Gasteiger partial charge in [-0.15, -0.1) is 0 Å². The minimum Gasteiger partial charge on any atom is -0.830 e. The fraction of sp³-hybridized carbons (Fsp3) is 0.636. The number of nitrogens with one attached hydrogen (secondary N) is 2. The van der Waals surface area contributed by atoms with Crippen molar-refractivity contribution >= 4 is 46.5 Å². The molecule has 4 aliphatic rings. The van der Waals surface area contributed by atoms with E-state index in [2.05, 4.69) is 42.9 Å². The van der Waals surface area contributed by atoms with Crippen molar-refractivity contribution in [2.75, 3.05) is 46.4 Å². The summed E-state index contributed by atoms with van der Waals surface area (Å²) in [4.78, 5) is 65.5. The topological polar surface area (TPSA) is 415 Å². The summed E-state index contributed by atoms with van der Waals surface area (Å²) >= 11 is 0. The van der Waals surface area contributed by atoms with Crippen LogP contribution in [0.25, 0.3) is 11.2 Å². The number of aliphatic imine (C=N–C) groups is 1. The Kier molecular flexibility index (Phi) is 10.6. The maximum Gasteiger partial charge on any atom is 0.280 e. The number of likely N-dealkylation sites (N-methyl/N-ethyl adjacent to an activating group) is 1. The van der Waals surface area contributed by atoms with Crippen LogP contribution in [-0.4, -0.2) is 134 Å². The van der Waals surface area contributed by atoms with Gasteiger partial charge in [0.15, 0.2) is 29.1 Å². The molecule has 296 valence electrons. The zero-order valence-corrected chi connectivity index (χ0v) is 29.8. The van der Waals surface area contributed by atoms with E-state index >= 15 is 0 Å². The molecule has 2 fully saturated rings. The summed E-state index contributed by atoms with van der Waals surface area (Å²) in [6, 6.07) is 0. The third-order valence-electron chi connectivity index (χ3n) is 8.29. The molecule has 0 aliphatic carbocycles. The summed E-state index contributed by atoms with van der Waals surface area (Å²) in [7, 11) is -15.7. The monoisotopic (exact) mass is 816 g/mol. The Morgan fingerprint density at radius 3 is 2.36 bits per heavy atom. The number of ether oxygens (including phenoxy) is 3. The lowest BCUT2D eigenvalue weighted by molar-refractivity contribution is -0.407. The summed E-state index contributed by atoms with van der Waals surface area (Å²) in [6.07, 6.45) is -10.3. The zero-order valence-electron chi connectivity index (χ0n) is 27.1.